The number of hydrogen-bond donors (Lipinski definition) is 0. The summed E-state index contributed by atoms with van der Waals surface area (Å²) in [7, 11) is 0. The zero-order chi connectivity index (χ0) is 40.8. The van der Waals surface area contributed by atoms with E-state index in [9.17, 15) is 5.26 Å². The second kappa shape index (κ2) is 14.8. The van der Waals surface area contributed by atoms with Crippen molar-refractivity contribution in [2.75, 3.05) is 0 Å². The van der Waals surface area contributed by atoms with Crippen molar-refractivity contribution < 1.29 is 0 Å². The highest BCUT2D eigenvalue weighted by Crippen LogP contribution is 2.57. The quantitative estimate of drug-likeness (QED) is 0.161. The van der Waals surface area contributed by atoms with Crippen LogP contribution in [0.2, 0.25) is 0 Å². The molecule has 0 saturated heterocycles. The van der Waals surface area contributed by atoms with Gasteiger partial charge < -0.3 is 0 Å². The summed E-state index contributed by atoms with van der Waals surface area (Å²) in [5.74, 6) is 1.79. The summed E-state index contributed by atoms with van der Waals surface area (Å²) in [6.07, 6.45) is 3.70. The minimum atomic E-state index is -0.673. The number of benzene rings is 8. The molecule has 0 saturated carbocycles. The third-order valence-corrected chi connectivity index (χ3v) is 11.9. The van der Waals surface area contributed by atoms with Gasteiger partial charge in [-0.1, -0.05) is 146 Å². The molecule has 2 aromatic heterocycles. The molecule has 0 N–H and O–H groups in total. The summed E-state index contributed by atoms with van der Waals surface area (Å²) in [4.78, 5) is 19.8. The Morgan fingerprint density at radius 2 is 0.902 bits per heavy atom. The standard InChI is InChI=1S/C56H35N5/c57-35-37-22-25-48(26-23-37)56(47-20-8-3-9-21-47)51-34-42(24-27-49(51)50-32-40-17-10-11-18-41(40)33-52(50)56)44-29-45(43-19-12-28-58-36-43)31-46(30-44)55-60-53(38-13-4-1-5-14-38)59-54(61-55)39-15-6-2-7-16-39/h1-34,36H. The van der Waals surface area contributed by atoms with E-state index in [1.807, 2.05) is 85.1 Å². The molecule has 0 bridgehead atoms. The lowest BCUT2D eigenvalue weighted by Crippen LogP contribution is -2.28. The van der Waals surface area contributed by atoms with Crippen molar-refractivity contribution >= 4 is 10.8 Å². The van der Waals surface area contributed by atoms with Crippen LogP contribution in [0, 0.1) is 11.3 Å². The number of rotatable bonds is 7. The molecule has 1 unspecified atom stereocenters. The van der Waals surface area contributed by atoms with Crippen molar-refractivity contribution in [1.29, 1.82) is 5.26 Å². The normalized spacial score (nSPS) is 14.0. The Kier molecular flexibility index (Phi) is 8.69. The van der Waals surface area contributed by atoms with Crippen molar-refractivity contribution in [3.05, 3.63) is 240 Å². The van der Waals surface area contributed by atoms with E-state index in [0.29, 0.717) is 23.0 Å². The minimum Gasteiger partial charge on any atom is -0.264 e. The molecule has 5 heteroatoms. The molecule has 5 nitrogen and oxygen atoms in total. The number of fused-ring (bicyclic) bond motifs is 4. The van der Waals surface area contributed by atoms with Crippen molar-refractivity contribution in [2.45, 2.75) is 5.41 Å². The van der Waals surface area contributed by atoms with Gasteiger partial charge in [-0.25, -0.2) is 15.0 Å². The molecular weight excluding hydrogens is 743 g/mol. The summed E-state index contributed by atoms with van der Waals surface area (Å²) in [6, 6.07) is 72.2. The number of pyridine rings is 1. The van der Waals surface area contributed by atoms with Gasteiger partial charge in [0.25, 0.3) is 0 Å². The first-order chi connectivity index (χ1) is 30.2. The van der Waals surface area contributed by atoms with E-state index in [1.54, 1.807) is 6.20 Å². The molecule has 284 valence electrons. The van der Waals surface area contributed by atoms with E-state index >= 15 is 0 Å². The molecule has 0 radical (unpaired) electrons. The van der Waals surface area contributed by atoms with Crippen LogP contribution in [0.15, 0.2) is 213 Å². The average Bonchev–Trinajstić information content (AvgIpc) is 3.63. The summed E-state index contributed by atoms with van der Waals surface area (Å²) in [5, 5.41) is 12.2. The largest absolute Gasteiger partial charge is 0.264 e. The maximum atomic E-state index is 9.86. The second-order valence-electron chi connectivity index (χ2n) is 15.4. The highest BCUT2D eigenvalue weighted by atomic mass is 15.0. The Bertz CT molecular complexity index is 3230. The van der Waals surface area contributed by atoms with Gasteiger partial charge in [0.05, 0.1) is 17.0 Å². The van der Waals surface area contributed by atoms with E-state index in [4.69, 9.17) is 15.0 Å². The third-order valence-electron chi connectivity index (χ3n) is 11.9. The number of nitrogens with zero attached hydrogens (tertiary/aromatic N) is 5. The lowest BCUT2D eigenvalue weighted by atomic mass is 9.67. The minimum absolute atomic E-state index is 0.580. The number of hydrogen-bond acceptors (Lipinski definition) is 5. The molecule has 0 fully saturated rings. The predicted molar refractivity (Wildman–Crippen MR) is 244 cm³/mol. The Morgan fingerprint density at radius 3 is 1.52 bits per heavy atom. The molecule has 1 aliphatic rings. The maximum absolute atomic E-state index is 9.86. The Balaban J connectivity index is 1.17. The summed E-state index contributed by atoms with van der Waals surface area (Å²) in [6.45, 7) is 0. The smallest absolute Gasteiger partial charge is 0.164 e. The number of aromatic nitrogens is 4. The molecule has 0 amide bonds. The Morgan fingerprint density at radius 1 is 0.377 bits per heavy atom. The molecule has 11 rings (SSSR count). The fourth-order valence-corrected chi connectivity index (χ4v) is 9.02. The monoisotopic (exact) mass is 777 g/mol. The van der Waals surface area contributed by atoms with Gasteiger partial charge in [0.1, 0.15) is 0 Å². The first kappa shape index (κ1) is 35.8. The van der Waals surface area contributed by atoms with Crippen LogP contribution in [0.25, 0.3) is 78.3 Å². The van der Waals surface area contributed by atoms with Crippen molar-refractivity contribution in [3.8, 4) is 73.6 Å². The van der Waals surface area contributed by atoms with Crippen LogP contribution in [0.1, 0.15) is 27.8 Å². The highest BCUT2D eigenvalue weighted by molar-refractivity contribution is 5.97. The van der Waals surface area contributed by atoms with Gasteiger partial charge >= 0.3 is 0 Å². The van der Waals surface area contributed by atoms with Crippen LogP contribution < -0.4 is 0 Å². The topological polar surface area (TPSA) is 75.3 Å². The van der Waals surface area contributed by atoms with E-state index in [-0.39, 0.29) is 0 Å². The Hall–Kier alpha value is -8.33. The molecule has 1 atom stereocenters. The van der Waals surface area contributed by atoms with Crippen molar-refractivity contribution in [1.82, 2.24) is 19.9 Å². The van der Waals surface area contributed by atoms with Gasteiger partial charge in [0, 0.05) is 34.6 Å². The van der Waals surface area contributed by atoms with Crippen molar-refractivity contribution in [3.63, 3.8) is 0 Å². The first-order valence-corrected chi connectivity index (χ1v) is 20.3. The fraction of sp³-hybridized carbons (Fsp3) is 0.0179. The molecule has 8 aromatic carbocycles. The van der Waals surface area contributed by atoms with Gasteiger partial charge in [-0.3, -0.25) is 4.98 Å². The fourth-order valence-electron chi connectivity index (χ4n) is 9.02. The van der Waals surface area contributed by atoms with Crippen LogP contribution in [-0.4, -0.2) is 19.9 Å². The summed E-state index contributed by atoms with van der Waals surface area (Å²) < 4.78 is 0. The Labute approximate surface area is 354 Å². The van der Waals surface area contributed by atoms with Gasteiger partial charge in [0.2, 0.25) is 0 Å². The van der Waals surface area contributed by atoms with Gasteiger partial charge in [-0.15, -0.1) is 0 Å². The number of nitriles is 1. The van der Waals surface area contributed by atoms with E-state index in [0.717, 1.165) is 50.1 Å². The van der Waals surface area contributed by atoms with Crippen LogP contribution in [0.3, 0.4) is 0 Å². The molecular formula is C56H35N5. The maximum Gasteiger partial charge on any atom is 0.164 e. The highest BCUT2D eigenvalue weighted by Gasteiger charge is 2.46. The van der Waals surface area contributed by atoms with Crippen LogP contribution >= 0.6 is 0 Å². The lowest BCUT2D eigenvalue weighted by Gasteiger charge is -2.34. The zero-order valence-electron chi connectivity index (χ0n) is 32.9. The zero-order valence-corrected chi connectivity index (χ0v) is 32.9. The molecule has 0 aliphatic heterocycles. The molecule has 2 heterocycles. The molecule has 61 heavy (non-hydrogen) atoms. The van der Waals surface area contributed by atoms with Gasteiger partial charge in [-0.2, -0.15) is 5.26 Å². The average molecular weight is 778 g/mol. The van der Waals surface area contributed by atoms with Crippen LogP contribution in [-0.2, 0) is 5.41 Å². The molecule has 0 spiro atoms. The van der Waals surface area contributed by atoms with Crippen LogP contribution in [0.5, 0.6) is 0 Å². The summed E-state index contributed by atoms with van der Waals surface area (Å²) in [5.41, 5.74) is 13.7. The second-order valence-corrected chi connectivity index (χ2v) is 15.4. The van der Waals surface area contributed by atoms with E-state index < -0.39 is 5.41 Å². The molecule has 10 aromatic rings. The third kappa shape index (κ3) is 6.18. The predicted octanol–water partition coefficient (Wildman–Crippen LogP) is 13.0. The van der Waals surface area contributed by atoms with E-state index in [2.05, 4.69) is 132 Å². The van der Waals surface area contributed by atoms with Gasteiger partial charge in [-0.05, 0) is 115 Å². The SMILES string of the molecule is N#Cc1ccc(C2(c3ccccc3)c3cc(-c4cc(-c5cccnc5)cc(-c5nc(-c6ccccc6)nc(-c6ccccc6)n5)c4)ccc3-c3cc4ccccc4cc32)cc1. The van der Waals surface area contributed by atoms with Gasteiger partial charge in [0.15, 0.2) is 17.5 Å². The van der Waals surface area contributed by atoms with E-state index in [1.165, 1.54) is 33.0 Å². The van der Waals surface area contributed by atoms with Crippen LogP contribution in [0.4, 0.5) is 0 Å². The van der Waals surface area contributed by atoms with Crippen molar-refractivity contribution in [2.24, 2.45) is 0 Å². The lowest BCUT2D eigenvalue weighted by molar-refractivity contribution is 0.769. The first-order valence-electron chi connectivity index (χ1n) is 20.3. The summed E-state index contributed by atoms with van der Waals surface area (Å²) >= 11 is 0. The molecule has 1 aliphatic carbocycles.